The maximum atomic E-state index is 10.9. The highest BCUT2D eigenvalue weighted by atomic mass is 35.5. The van der Waals surface area contributed by atoms with Crippen molar-refractivity contribution in [1.29, 1.82) is 0 Å². The van der Waals surface area contributed by atoms with E-state index in [-0.39, 0.29) is 10.6 Å². The molecule has 0 unspecified atom stereocenters. The summed E-state index contributed by atoms with van der Waals surface area (Å²) in [6.45, 7) is 0.554. The Labute approximate surface area is 106 Å². The zero-order valence-corrected chi connectivity index (χ0v) is 10.1. The van der Waals surface area contributed by atoms with E-state index >= 15 is 0 Å². The highest BCUT2D eigenvalue weighted by Gasteiger charge is 2.10. The summed E-state index contributed by atoms with van der Waals surface area (Å²) in [6.07, 6.45) is 3.06. The molecular weight excluding hydrogens is 262 g/mol. The summed E-state index contributed by atoms with van der Waals surface area (Å²) in [7, 11) is 0. The summed E-state index contributed by atoms with van der Waals surface area (Å²) in [4.78, 5) is 19.8. The van der Waals surface area contributed by atoms with Gasteiger partial charge in [0.05, 0.1) is 22.6 Å². The highest BCUT2D eigenvalue weighted by molar-refractivity contribution is 7.09. The number of hydrogen-bond acceptors (Lipinski definition) is 5. The van der Waals surface area contributed by atoms with Gasteiger partial charge in [-0.1, -0.05) is 11.6 Å². The van der Waals surface area contributed by atoms with Gasteiger partial charge < -0.3 is 10.4 Å². The topological polar surface area (TPSA) is 75.1 Å². The molecule has 2 rings (SSSR count). The van der Waals surface area contributed by atoms with Crippen LogP contribution in [-0.2, 0) is 6.54 Å². The molecule has 0 bridgehead atoms. The number of rotatable bonds is 4. The molecule has 0 radical (unpaired) electrons. The zero-order valence-electron chi connectivity index (χ0n) is 8.55. The monoisotopic (exact) mass is 269 g/mol. The third kappa shape index (κ3) is 2.92. The molecule has 88 valence electrons. The van der Waals surface area contributed by atoms with Gasteiger partial charge in [-0.25, -0.2) is 9.78 Å². The quantitative estimate of drug-likeness (QED) is 0.892. The summed E-state index contributed by atoms with van der Waals surface area (Å²) in [6, 6.07) is 1.41. The Kier molecular flexibility index (Phi) is 3.55. The van der Waals surface area contributed by atoms with E-state index in [9.17, 15) is 4.79 Å². The fraction of sp³-hybridized carbons (Fsp3) is 0.100. The van der Waals surface area contributed by atoms with Crippen molar-refractivity contribution in [2.24, 2.45) is 0 Å². The van der Waals surface area contributed by atoms with Crippen LogP contribution in [0.15, 0.2) is 24.0 Å². The average molecular weight is 270 g/mol. The summed E-state index contributed by atoms with van der Waals surface area (Å²) in [5.41, 5.74) is 1.77. The molecule has 5 nitrogen and oxygen atoms in total. The molecule has 2 aromatic rings. The van der Waals surface area contributed by atoms with Crippen LogP contribution >= 0.6 is 22.9 Å². The van der Waals surface area contributed by atoms with Gasteiger partial charge in [0.1, 0.15) is 5.82 Å². The third-order valence-corrected chi connectivity index (χ3v) is 3.09. The number of carbonyl (C=O) groups is 1. The fourth-order valence-corrected chi connectivity index (χ4v) is 1.92. The minimum Gasteiger partial charge on any atom is -0.478 e. The minimum absolute atomic E-state index is 0.0356. The predicted molar refractivity (Wildman–Crippen MR) is 65.6 cm³/mol. The Hall–Kier alpha value is -1.66. The van der Waals surface area contributed by atoms with E-state index in [4.69, 9.17) is 16.7 Å². The van der Waals surface area contributed by atoms with Gasteiger partial charge in [0.15, 0.2) is 0 Å². The van der Waals surface area contributed by atoms with Crippen LogP contribution in [0, 0.1) is 0 Å². The summed E-state index contributed by atoms with van der Waals surface area (Å²) in [5, 5.41) is 12.0. The van der Waals surface area contributed by atoms with Gasteiger partial charge in [-0.15, -0.1) is 11.3 Å². The first-order valence-electron chi connectivity index (χ1n) is 4.67. The van der Waals surface area contributed by atoms with Crippen molar-refractivity contribution < 1.29 is 9.90 Å². The van der Waals surface area contributed by atoms with Crippen LogP contribution < -0.4 is 5.32 Å². The zero-order chi connectivity index (χ0) is 12.3. The van der Waals surface area contributed by atoms with E-state index in [0.29, 0.717) is 12.4 Å². The van der Waals surface area contributed by atoms with Crippen LogP contribution in [0.25, 0.3) is 0 Å². The van der Waals surface area contributed by atoms with Crippen LogP contribution in [0.4, 0.5) is 5.82 Å². The Morgan fingerprint density at radius 3 is 3.00 bits per heavy atom. The maximum absolute atomic E-state index is 10.9. The van der Waals surface area contributed by atoms with Crippen molar-refractivity contribution in [1.82, 2.24) is 9.97 Å². The summed E-state index contributed by atoms with van der Waals surface area (Å²) in [5.74, 6) is -0.599. The number of pyridine rings is 1. The summed E-state index contributed by atoms with van der Waals surface area (Å²) >= 11 is 7.22. The van der Waals surface area contributed by atoms with Gasteiger partial charge in [0, 0.05) is 17.3 Å². The molecule has 0 amide bonds. The Morgan fingerprint density at radius 1 is 1.53 bits per heavy atom. The van der Waals surface area contributed by atoms with Gasteiger partial charge in [0.2, 0.25) is 0 Å². The predicted octanol–water partition coefficient (Wildman–Crippen LogP) is 2.50. The first-order valence-corrected chi connectivity index (χ1v) is 5.92. The lowest BCUT2D eigenvalue weighted by Crippen LogP contribution is -2.04. The number of aromatic carboxylic acids is 1. The molecule has 0 saturated heterocycles. The maximum Gasteiger partial charge on any atom is 0.337 e. The van der Waals surface area contributed by atoms with Crippen LogP contribution in [0.2, 0.25) is 5.02 Å². The van der Waals surface area contributed by atoms with Crippen LogP contribution in [0.5, 0.6) is 0 Å². The standard InChI is InChI=1S/C10H8ClN3O2S/c11-8-4-14-9(1-7(8)10(15)16)13-3-6-2-12-5-17-6/h1-2,4-5H,3H2,(H,13,14)(H,15,16). The number of thiazole rings is 1. The Balaban J connectivity index is 2.11. The van der Waals surface area contributed by atoms with E-state index in [2.05, 4.69) is 15.3 Å². The number of anilines is 1. The second kappa shape index (κ2) is 5.11. The molecule has 2 heterocycles. The molecule has 17 heavy (non-hydrogen) atoms. The molecule has 7 heteroatoms. The largest absolute Gasteiger partial charge is 0.478 e. The molecule has 0 aliphatic rings. The van der Waals surface area contributed by atoms with Crippen molar-refractivity contribution in [2.45, 2.75) is 6.54 Å². The third-order valence-electron chi connectivity index (χ3n) is 2.01. The molecule has 2 N–H and O–H groups in total. The lowest BCUT2D eigenvalue weighted by atomic mass is 10.2. The molecular formula is C10H8ClN3O2S. The van der Waals surface area contributed by atoms with Crippen LogP contribution in [-0.4, -0.2) is 21.0 Å². The van der Waals surface area contributed by atoms with Crippen molar-refractivity contribution in [2.75, 3.05) is 5.32 Å². The van der Waals surface area contributed by atoms with E-state index in [1.807, 2.05) is 0 Å². The molecule has 0 atom stereocenters. The van der Waals surface area contributed by atoms with E-state index in [1.54, 1.807) is 11.7 Å². The van der Waals surface area contributed by atoms with Crippen molar-refractivity contribution >= 4 is 34.7 Å². The number of hydrogen-bond donors (Lipinski definition) is 2. The number of nitrogens with zero attached hydrogens (tertiary/aromatic N) is 2. The lowest BCUT2D eigenvalue weighted by Gasteiger charge is -2.05. The smallest absolute Gasteiger partial charge is 0.337 e. The van der Waals surface area contributed by atoms with Gasteiger partial charge in [-0.05, 0) is 6.07 Å². The second-order valence-electron chi connectivity index (χ2n) is 3.18. The number of nitrogens with one attached hydrogen (secondary N) is 1. The van der Waals surface area contributed by atoms with Crippen molar-refractivity contribution in [3.8, 4) is 0 Å². The fourth-order valence-electron chi connectivity index (χ4n) is 1.21. The minimum atomic E-state index is -1.07. The SMILES string of the molecule is O=C(O)c1cc(NCc2cncs2)ncc1Cl. The Morgan fingerprint density at radius 2 is 2.35 bits per heavy atom. The van der Waals surface area contributed by atoms with Gasteiger partial charge in [-0.2, -0.15) is 0 Å². The normalized spacial score (nSPS) is 10.2. The molecule has 0 aliphatic heterocycles. The van der Waals surface area contributed by atoms with Crippen LogP contribution in [0.1, 0.15) is 15.2 Å². The molecule has 0 spiro atoms. The second-order valence-corrected chi connectivity index (χ2v) is 4.55. The van der Waals surface area contributed by atoms with Gasteiger partial charge in [0.25, 0.3) is 0 Å². The Bertz CT molecular complexity index is 530. The molecule has 0 aromatic carbocycles. The highest BCUT2D eigenvalue weighted by Crippen LogP contribution is 2.18. The van der Waals surface area contributed by atoms with Crippen molar-refractivity contribution in [3.05, 3.63) is 39.4 Å². The van der Waals surface area contributed by atoms with Crippen LogP contribution in [0.3, 0.4) is 0 Å². The number of halogens is 1. The molecule has 2 aromatic heterocycles. The number of aromatic nitrogens is 2. The first kappa shape index (κ1) is 11.8. The molecule has 0 aliphatic carbocycles. The number of carboxylic acid groups (broad SMARTS) is 1. The lowest BCUT2D eigenvalue weighted by molar-refractivity contribution is 0.0697. The van der Waals surface area contributed by atoms with E-state index in [1.165, 1.54) is 23.6 Å². The molecule has 0 fully saturated rings. The summed E-state index contributed by atoms with van der Waals surface area (Å²) < 4.78 is 0. The van der Waals surface area contributed by atoms with Gasteiger partial charge >= 0.3 is 5.97 Å². The molecule has 0 saturated carbocycles. The van der Waals surface area contributed by atoms with Gasteiger partial charge in [-0.3, -0.25) is 4.98 Å². The average Bonchev–Trinajstić information content (AvgIpc) is 2.80. The van der Waals surface area contributed by atoms with Crippen molar-refractivity contribution in [3.63, 3.8) is 0 Å². The first-order chi connectivity index (χ1) is 8.16. The van der Waals surface area contributed by atoms with E-state index < -0.39 is 5.97 Å². The van der Waals surface area contributed by atoms with E-state index in [0.717, 1.165) is 4.88 Å². The number of carboxylic acids is 1.